The molecule has 0 saturated heterocycles. The zero-order valence-corrected chi connectivity index (χ0v) is 13.9. The maximum Gasteiger partial charge on any atom is 0.419 e. The lowest BCUT2D eigenvalue weighted by molar-refractivity contribution is -0.136. The van der Waals surface area contributed by atoms with Gasteiger partial charge in [-0.2, -0.15) is 0 Å². The number of anilines is 1. The summed E-state index contributed by atoms with van der Waals surface area (Å²) >= 11 is 0. The predicted molar refractivity (Wildman–Crippen MR) is 90.0 cm³/mol. The molecule has 0 bridgehead atoms. The van der Waals surface area contributed by atoms with Gasteiger partial charge in [-0.3, -0.25) is 14.1 Å². The van der Waals surface area contributed by atoms with E-state index < -0.39 is 21.7 Å². The number of aryl methyl sites for hydroxylation is 1. The molecule has 8 nitrogen and oxygen atoms in total. The molecule has 2 aromatic carbocycles. The summed E-state index contributed by atoms with van der Waals surface area (Å²) in [5.41, 5.74) is 1.51. The number of carboxylic acid groups (broad SMARTS) is 1. The number of aromatic nitrogens is 1. The Morgan fingerprint density at radius 1 is 1.20 bits per heavy atom. The normalized spacial score (nSPS) is 11.6. The number of nitrogens with one attached hydrogen (secondary N) is 1. The third-order valence-electron chi connectivity index (χ3n) is 3.64. The van der Waals surface area contributed by atoms with Crippen LogP contribution in [0.15, 0.2) is 56.6 Å². The van der Waals surface area contributed by atoms with Crippen molar-refractivity contribution in [3.05, 3.63) is 58.6 Å². The van der Waals surface area contributed by atoms with E-state index in [0.29, 0.717) is 16.8 Å². The molecule has 0 aliphatic heterocycles. The lowest BCUT2D eigenvalue weighted by atomic mass is 10.1. The molecule has 1 heterocycles. The molecule has 0 fully saturated rings. The smallest absolute Gasteiger partial charge is 0.419 e. The number of rotatable bonds is 5. The van der Waals surface area contributed by atoms with Gasteiger partial charge in [-0.1, -0.05) is 12.1 Å². The molecule has 1 aromatic heterocycles. The van der Waals surface area contributed by atoms with E-state index in [9.17, 15) is 18.0 Å². The maximum atomic E-state index is 12.5. The summed E-state index contributed by atoms with van der Waals surface area (Å²) in [6.07, 6.45) is -0.142. The average Bonchev–Trinajstić information content (AvgIpc) is 2.83. The molecule has 3 rings (SSSR count). The number of oxazole rings is 1. The zero-order valence-electron chi connectivity index (χ0n) is 13.1. The fraction of sp³-hybridized carbons (Fsp3) is 0.125. The van der Waals surface area contributed by atoms with Crippen molar-refractivity contribution in [2.75, 3.05) is 4.72 Å². The van der Waals surface area contributed by atoms with Crippen LogP contribution in [-0.4, -0.2) is 24.1 Å². The Morgan fingerprint density at radius 2 is 1.88 bits per heavy atom. The highest BCUT2D eigenvalue weighted by atomic mass is 32.2. The summed E-state index contributed by atoms with van der Waals surface area (Å²) in [5.74, 6) is -1.54. The Bertz CT molecular complexity index is 1110. The first kappa shape index (κ1) is 16.8. The van der Waals surface area contributed by atoms with Crippen LogP contribution in [0.4, 0.5) is 5.69 Å². The first-order chi connectivity index (χ1) is 11.8. The van der Waals surface area contributed by atoms with E-state index in [1.54, 1.807) is 0 Å². The number of hydrogen-bond acceptors (Lipinski definition) is 5. The van der Waals surface area contributed by atoms with Gasteiger partial charge in [-0.05, 0) is 29.8 Å². The number of carbonyl (C=O) groups is 1. The molecule has 2 N–H and O–H groups in total. The number of carboxylic acids is 1. The van der Waals surface area contributed by atoms with Gasteiger partial charge < -0.3 is 9.52 Å². The topological polar surface area (TPSA) is 119 Å². The molecular weight excluding hydrogens is 348 g/mol. The molecule has 25 heavy (non-hydrogen) atoms. The van der Waals surface area contributed by atoms with Crippen LogP contribution in [0.25, 0.3) is 11.1 Å². The number of sulfonamides is 1. The van der Waals surface area contributed by atoms with Gasteiger partial charge in [0.05, 0.1) is 16.8 Å². The van der Waals surface area contributed by atoms with Gasteiger partial charge in [-0.15, -0.1) is 0 Å². The monoisotopic (exact) mass is 362 g/mol. The Labute approximate surface area is 142 Å². The molecule has 0 radical (unpaired) electrons. The second-order valence-electron chi connectivity index (χ2n) is 5.43. The van der Waals surface area contributed by atoms with E-state index in [0.717, 1.165) is 0 Å². The second kappa shape index (κ2) is 6.10. The summed E-state index contributed by atoms with van der Waals surface area (Å²) in [6.45, 7) is 0. The summed E-state index contributed by atoms with van der Waals surface area (Å²) < 4.78 is 33.6. The number of nitrogens with zero attached hydrogens (tertiary/aromatic N) is 1. The summed E-state index contributed by atoms with van der Waals surface area (Å²) in [5, 5.41) is 8.73. The van der Waals surface area contributed by atoms with Crippen molar-refractivity contribution >= 4 is 32.8 Å². The van der Waals surface area contributed by atoms with Crippen molar-refractivity contribution in [3.63, 3.8) is 0 Å². The second-order valence-corrected chi connectivity index (χ2v) is 7.11. The minimum atomic E-state index is -3.88. The van der Waals surface area contributed by atoms with Crippen LogP contribution < -0.4 is 10.5 Å². The summed E-state index contributed by atoms with van der Waals surface area (Å²) in [7, 11) is -2.35. The molecular formula is C16H14N2O6S. The van der Waals surface area contributed by atoms with E-state index in [1.807, 2.05) is 0 Å². The molecule has 3 aromatic rings. The molecule has 0 atom stereocenters. The van der Waals surface area contributed by atoms with Gasteiger partial charge >= 0.3 is 11.7 Å². The first-order valence-corrected chi connectivity index (χ1v) is 8.68. The van der Waals surface area contributed by atoms with Gasteiger partial charge in [-0.25, -0.2) is 13.2 Å². The van der Waals surface area contributed by atoms with Crippen molar-refractivity contribution in [2.24, 2.45) is 7.05 Å². The highest BCUT2D eigenvalue weighted by Gasteiger charge is 2.17. The first-order valence-electron chi connectivity index (χ1n) is 7.19. The molecule has 0 saturated carbocycles. The molecule has 0 aliphatic carbocycles. The van der Waals surface area contributed by atoms with Crippen molar-refractivity contribution in [2.45, 2.75) is 11.3 Å². The van der Waals surface area contributed by atoms with Crippen molar-refractivity contribution in [1.29, 1.82) is 0 Å². The van der Waals surface area contributed by atoms with Crippen LogP contribution in [0.5, 0.6) is 0 Å². The Kier molecular flexibility index (Phi) is 4.09. The number of fused-ring (bicyclic) bond motifs is 1. The predicted octanol–water partition coefficient (Wildman–Crippen LogP) is 1.56. The van der Waals surface area contributed by atoms with Crippen molar-refractivity contribution in [3.8, 4) is 0 Å². The summed E-state index contributed by atoms with van der Waals surface area (Å²) in [4.78, 5) is 22.1. The molecule has 0 amide bonds. The van der Waals surface area contributed by atoms with Crippen LogP contribution in [-0.2, 0) is 28.3 Å². The highest BCUT2D eigenvalue weighted by Crippen LogP contribution is 2.21. The number of hydrogen-bond donors (Lipinski definition) is 2. The third kappa shape index (κ3) is 3.41. The van der Waals surface area contributed by atoms with Gasteiger partial charge in [0.15, 0.2) is 5.58 Å². The van der Waals surface area contributed by atoms with Crippen LogP contribution in [0.3, 0.4) is 0 Å². The molecule has 0 spiro atoms. The van der Waals surface area contributed by atoms with E-state index in [1.165, 1.54) is 54.1 Å². The van der Waals surface area contributed by atoms with E-state index in [4.69, 9.17) is 9.52 Å². The lowest BCUT2D eigenvalue weighted by Crippen LogP contribution is -2.13. The minimum Gasteiger partial charge on any atom is -0.481 e. The highest BCUT2D eigenvalue weighted by molar-refractivity contribution is 7.92. The van der Waals surface area contributed by atoms with Crippen LogP contribution in [0.2, 0.25) is 0 Å². The van der Waals surface area contributed by atoms with E-state index in [-0.39, 0.29) is 16.9 Å². The fourth-order valence-corrected chi connectivity index (χ4v) is 3.43. The van der Waals surface area contributed by atoms with Gasteiger partial charge in [0.25, 0.3) is 10.0 Å². The SMILES string of the molecule is Cn1c(=O)oc2cc(S(=O)(=O)Nc3ccc(CC(=O)O)cc3)ccc21. The number of benzene rings is 2. The van der Waals surface area contributed by atoms with Crippen molar-refractivity contribution < 1.29 is 22.7 Å². The summed E-state index contributed by atoms with van der Waals surface area (Å²) in [6, 6.07) is 10.2. The van der Waals surface area contributed by atoms with Crippen LogP contribution >= 0.6 is 0 Å². The Morgan fingerprint density at radius 3 is 2.52 bits per heavy atom. The maximum absolute atomic E-state index is 12.5. The van der Waals surface area contributed by atoms with E-state index in [2.05, 4.69) is 4.72 Å². The molecule has 9 heteroatoms. The van der Waals surface area contributed by atoms with Crippen molar-refractivity contribution in [1.82, 2.24) is 4.57 Å². The zero-order chi connectivity index (χ0) is 18.2. The third-order valence-corrected chi connectivity index (χ3v) is 5.01. The number of aliphatic carboxylic acids is 1. The standard InChI is InChI=1S/C16H14N2O6S/c1-18-13-7-6-12(9-14(13)24-16(18)21)25(22,23)17-11-4-2-10(3-5-11)8-15(19)20/h2-7,9,17H,8H2,1H3,(H,19,20). The average molecular weight is 362 g/mol. The minimum absolute atomic E-state index is 0.0519. The molecule has 0 unspecified atom stereocenters. The van der Waals surface area contributed by atoms with Gasteiger partial charge in [0, 0.05) is 18.8 Å². The fourth-order valence-electron chi connectivity index (χ4n) is 2.36. The lowest BCUT2D eigenvalue weighted by Gasteiger charge is -2.08. The largest absolute Gasteiger partial charge is 0.481 e. The molecule has 0 aliphatic rings. The van der Waals surface area contributed by atoms with E-state index >= 15 is 0 Å². The van der Waals surface area contributed by atoms with Gasteiger partial charge in [0.2, 0.25) is 0 Å². The molecule has 130 valence electrons. The van der Waals surface area contributed by atoms with Crippen LogP contribution in [0.1, 0.15) is 5.56 Å². The quantitative estimate of drug-likeness (QED) is 0.711. The van der Waals surface area contributed by atoms with Crippen LogP contribution in [0, 0.1) is 0 Å². The van der Waals surface area contributed by atoms with Gasteiger partial charge in [0.1, 0.15) is 0 Å². The Balaban J connectivity index is 1.88. The Hall–Kier alpha value is -3.07.